The van der Waals surface area contributed by atoms with Crippen LogP contribution in [0.15, 0.2) is 78.9 Å². The summed E-state index contributed by atoms with van der Waals surface area (Å²) < 4.78 is 11.2. The van der Waals surface area contributed by atoms with Gasteiger partial charge < -0.3 is 30.4 Å². The van der Waals surface area contributed by atoms with E-state index in [1.54, 1.807) is 49.9 Å². The van der Waals surface area contributed by atoms with Gasteiger partial charge in [0.15, 0.2) is 0 Å². The number of rotatable bonds is 13. The number of carbonyl (C=O) groups is 4. The predicted molar refractivity (Wildman–Crippen MR) is 187 cm³/mol. The lowest BCUT2D eigenvalue weighted by Crippen LogP contribution is -2.49. The van der Waals surface area contributed by atoms with Gasteiger partial charge in [-0.2, -0.15) is 0 Å². The van der Waals surface area contributed by atoms with E-state index in [1.165, 1.54) is 0 Å². The highest BCUT2D eigenvalue weighted by Crippen LogP contribution is 2.31. The number of nitrogens with one attached hydrogen (secondary N) is 2. The Morgan fingerprint density at radius 3 is 2.43 bits per heavy atom. The summed E-state index contributed by atoms with van der Waals surface area (Å²) in [6.45, 7) is 6.26. The van der Waals surface area contributed by atoms with Crippen molar-refractivity contribution in [2.75, 3.05) is 6.54 Å². The second-order valence-electron chi connectivity index (χ2n) is 13.5. The van der Waals surface area contributed by atoms with Gasteiger partial charge in [0, 0.05) is 36.0 Å². The van der Waals surface area contributed by atoms with Gasteiger partial charge in [0.2, 0.25) is 11.8 Å². The fraction of sp³-hybridized carbons (Fsp3) is 0.385. The molecule has 0 aliphatic carbocycles. The molecule has 0 saturated carbocycles. The largest absolute Gasteiger partial charge is 0.459 e. The number of esters is 2. The summed E-state index contributed by atoms with van der Waals surface area (Å²) >= 11 is 0. The van der Waals surface area contributed by atoms with Gasteiger partial charge in [-0.25, -0.2) is 9.59 Å². The molecular formula is C39H46N4O6. The summed E-state index contributed by atoms with van der Waals surface area (Å²) in [5.74, 6) is -1.29. The van der Waals surface area contributed by atoms with E-state index in [4.69, 9.17) is 15.2 Å². The highest BCUT2D eigenvalue weighted by Gasteiger charge is 2.37. The third-order valence-electron chi connectivity index (χ3n) is 8.60. The zero-order valence-electron chi connectivity index (χ0n) is 28.5. The van der Waals surface area contributed by atoms with Gasteiger partial charge in [-0.3, -0.25) is 9.59 Å². The second kappa shape index (κ2) is 16.0. The summed E-state index contributed by atoms with van der Waals surface area (Å²) in [4.78, 5) is 57.5. The van der Waals surface area contributed by atoms with Gasteiger partial charge in [0.25, 0.3) is 0 Å². The van der Waals surface area contributed by atoms with Crippen molar-refractivity contribution in [2.24, 2.45) is 5.73 Å². The highest BCUT2D eigenvalue weighted by atomic mass is 16.6. The summed E-state index contributed by atoms with van der Waals surface area (Å²) in [7, 11) is 0. The van der Waals surface area contributed by atoms with Crippen LogP contribution in [0.4, 0.5) is 0 Å². The lowest BCUT2D eigenvalue weighted by molar-refractivity contribution is -0.157. The normalized spacial score (nSPS) is 14.9. The molecule has 3 aromatic carbocycles. The Kier molecular flexibility index (Phi) is 11.5. The first-order valence-electron chi connectivity index (χ1n) is 16.9. The minimum atomic E-state index is -0.836. The molecule has 1 aliphatic rings. The van der Waals surface area contributed by atoms with Crippen LogP contribution in [0.25, 0.3) is 10.9 Å². The van der Waals surface area contributed by atoms with Crippen molar-refractivity contribution in [1.29, 1.82) is 0 Å². The Labute approximate surface area is 287 Å². The number of amides is 2. The van der Waals surface area contributed by atoms with Crippen molar-refractivity contribution in [1.82, 2.24) is 15.2 Å². The quantitative estimate of drug-likeness (QED) is 0.129. The van der Waals surface area contributed by atoms with Gasteiger partial charge >= 0.3 is 11.9 Å². The summed E-state index contributed by atoms with van der Waals surface area (Å²) in [5.41, 5.74) is 10.5. The number of hydrogen-bond donors (Lipinski definition) is 3. The molecule has 0 radical (unpaired) electrons. The number of aromatic nitrogens is 1. The van der Waals surface area contributed by atoms with Crippen LogP contribution >= 0.6 is 0 Å². The standard InChI is InChI=1S/C39H46N4O6/c1-39(2,3)49-37(46)28-17-10-9-16-27(28)22-31(40)36(45)41-21-13-5-8-20-35(44)43-24-33-30(29-18-11-12-19-32(29)42-33)23-34(43)38(47)48-25-26-14-6-4-7-15-26/h4,6-7,9-12,14-19,31,34,42H,5,8,13,20-25,40H2,1-3H3,(H,41,45)/t31-,34-/m0/s1. The van der Waals surface area contributed by atoms with Crippen LogP contribution in [0.5, 0.6) is 0 Å². The van der Waals surface area contributed by atoms with Crippen molar-refractivity contribution >= 4 is 34.7 Å². The molecule has 0 unspecified atom stereocenters. The number of fused-ring (bicyclic) bond motifs is 3. The van der Waals surface area contributed by atoms with E-state index in [2.05, 4.69) is 10.3 Å². The van der Waals surface area contributed by atoms with Crippen LogP contribution < -0.4 is 11.1 Å². The number of para-hydroxylation sites is 1. The van der Waals surface area contributed by atoms with E-state index in [0.29, 0.717) is 49.9 Å². The first-order chi connectivity index (χ1) is 23.5. The number of carbonyl (C=O) groups excluding carboxylic acids is 4. The molecule has 1 aromatic heterocycles. The summed E-state index contributed by atoms with van der Waals surface area (Å²) in [6.07, 6.45) is 2.82. The van der Waals surface area contributed by atoms with E-state index in [0.717, 1.165) is 27.7 Å². The third-order valence-corrected chi connectivity index (χ3v) is 8.60. The first kappa shape index (κ1) is 35.3. The van der Waals surface area contributed by atoms with E-state index in [1.807, 2.05) is 54.6 Å². The molecule has 0 spiro atoms. The zero-order valence-corrected chi connectivity index (χ0v) is 28.5. The Hall–Kier alpha value is -4.96. The molecule has 0 fully saturated rings. The molecule has 0 bridgehead atoms. The smallest absolute Gasteiger partial charge is 0.338 e. The number of aromatic amines is 1. The van der Waals surface area contributed by atoms with Crippen LogP contribution in [0.1, 0.15) is 79.2 Å². The fourth-order valence-corrected chi connectivity index (χ4v) is 6.13. The first-order valence-corrected chi connectivity index (χ1v) is 16.9. The molecule has 2 amide bonds. The van der Waals surface area contributed by atoms with Crippen LogP contribution in [-0.4, -0.2) is 57.9 Å². The highest BCUT2D eigenvalue weighted by molar-refractivity contribution is 5.92. The fourth-order valence-electron chi connectivity index (χ4n) is 6.13. The second-order valence-corrected chi connectivity index (χ2v) is 13.5. The molecule has 1 aliphatic heterocycles. The molecular weight excluding hydrogens is 620 g/mol. The average Bonchev–Trinajstić information content (AvgIpc) is 3.45. The monoisotopic (exact) mass is 666 g/mol. The van der Waals surface area contributed by atoms with E-state index in [9.17, 15) is 19.2 Å². The van der Waals surface area contributed by atoms with Crippen LogP contribution in [-0.2, 0) is 49.9 Å². The maximum Gasteiger partial charge on any atom is 0.338 e. The molecule has 4 N–H and O–H groups in total. The summed E-state index contributed by atoms with van der Waals surface area (Å²) in [5, 5.41) is 3.93. The number of benzene rings is 3. The Morgan fingerprint density at radius 2 is 1.65 bits per heavy atom. The minimum Gasteiger partial charge on any atom is -0.459 e. The molecule has 10 heteroatoms. The molecule has 49 heavy (non-hydrogen) atoms. The number of H-pyrrole nitrogens is 1. The van der Waals surface area contributed by atoms with E-state index < -0.39 is 29.6 Å². The topological polar surface area (TPSA) is 144 Å². The summed E-state index contributed by atoms with van der Waals surface area (Å²) in [6, 6.07) is 22.9. The van der Waals surface area contributed by atoms with Crippen LogP contribution in [0.3, 0.4) is 0 Å². The maximum atomic E-state index is 13.6. The van der Waals surface area contributed by atoms with Crippen molar-refractivity contribution in [3.05, 3.63) is 107 Å². The average molecular weight is 667 g/mol. The maximum absolute atomic E-state index is 13.6. The number of hydrogen-bond acceptors (Lipinski definition) is 7. The molecule has 10 nitrogen and oxygen atoms in total. The van der Waals surface area contributed by atoms with E-state index >= 15 is 0 Å². The molecule has 258 valence electrons. The molecule has 5 rings (SSSR count). The van der Waals surface area contributed by atoms with Crippen molar-refractivity contribution in [3.63, 3.8) is 0 Å². The van der Waals surface area contributed by atoms with E-state index in [-0.39, 0.29) is 31.3 Å². The van der Waals surface area contributed by atoms with Crippen molar-refractivity contribution < 1.29 is 28.7 Å². The lowest BCUT2D eigenvalue weighted by atomic mass is 9.96. The number of ether oxygens (including phenoxy) is 2. The molecule has 2 atom stereocenters. The van der Waals surface area contributed by atoms with Gasteiger partial charge in [-0.1, -0.05) is 73.2 Å². The van der Waals surface area contributed by atoms with Crippen LogP contribution in [0, 0.1) is 0 Å². The number of nitrogens with two attached hydrogens (primary N) is 1. The third kappa shape index (κ3) is 9.35. The van der Waals surface area contributed by atoms with Crippen LogP contribution in [0.2, 0.25) is 0 Å². The Morgan fingerprint density at radius 1 is 0.939 bits per heavy atom. The molecule has 2 heterocycles. The Bertz CT molecular complexity index is 1780. The molecule has 0 saturated heterocycles. The Balaban J connectivity index is 1.11. The SMILES string of the molecule is CC(C)(C)OC(=O)c1ccccc1C[C@H](N)C(=O)NCCCCCC(=O)N1Cc2[nH]c3ccccc3c2C[C@H]1C(=O)OCc1ccccc1. The molecule has 4 aromatic rings. The van der Waals surface area contributed by atoms with Gasteiger partial charge in [0.1, 0.15) is 18.2 Å². The van der Waals surface area contributed by atoms with Crippen molar-refractivity contribution in [3.8, 4) is 0 Å². The van der Waals surface area contributed by atoms with Gasteiger partial charge in [-0.15, -0.1) is 0 Å². The number of unbranched alkanes of at least 4 members (excludes halogenated alkanes) is 2. The van der Waals surface area contributed by atoms with Gasteiger partial charge in [-0.05, 0) is 68.9 Å². The van der Waals surface area contributed by atoms with Crippen molar-refractivity contribution in [2.45, 2.75) is 90.1 Å². The minimum absolute atomic E-state index is 0.110. The zero-order chi connectivity index (χ0) is 35.0. The van der Waals surface area contributed by atoms with Gasteiger partial charge in [0.05, 0.1) is 18.2 Å². The lowest BCUT2D eigenvalue weighted by Gasteiger charge is -2.34. The predicted octanol–water partition coefficient (Wildman–Crippen LogP) is 5.37. The number of nitrogens with zero attached hydrogens (tertiary/aromatic N) is 1.